The van der Waals surface area contributed by atoms with Gasteiger partial charge in [-0.15, -0.1) is 0 Å². The molecule has 212 valence electrons. The van der Waals surface area contributed by atoms with Gasteiger partial charge in [0.1, 0.15) is 22.3 Å². The topological polar surface area (TPSA) is 29.5 Å². The number of furan rings is 2. The second kappa shape index (κ2) is 10.3. The molecule has 9 rings (SSSR count). The van der Waals surface area contributed by atoms with E-state index in [1.807, 2.05) is 24.3 Å². The van der Waals surface area contributed by atoms with Crippen LogP contribution in [0.4, 0.5) is 17.1 Å². The van der Waals surface area contributed by atoms with E-state index in [0.717, 1.165) is 83.2 Å². The molecule has 7 aromatic carbocycles. The molecule has 3 heteroatoms. The van der Waals surface area contributed by atoms with Crippen molar-refractivity contribution in [3.63, 3.8) is 0 Å². The van der Waals surface area contributed by atoms with Crippen LogP contribution >= 0.6 is 0 Å². The summed E-state index contributed by atoms with van der Waals surface area (Å²) < 4.78 is 13.1. The van der Waals surface area contributed by atoms with Gasteiger partial charge in [0.15, 0.2) is 0 Å². The number of rotatable bonds is 5. The molecule has 0 aliphatic rings. The predicted octanol–water partition coefficient (Wildman–Crippen LogP) is 12.3. The molecular formula is C42H27NO2. The van der Waals surface area contributed by atoms with E-state index in [0.29, 0.717) is 0 Å². The third kappa shape index (κ3) is 4.21. The average molecular weight is 578 g/mol. The Morgan fingerprint density at radius 3 is 1.24 bits per heavy atom. The Bertz CT molecular complexity index is 2320. The number of anilines is 3. The molecular weight excluding hydrogens is 550 g/mol. The van der Waals surface area contributed by atoms with Crippen molar-refractivity contribution in [1.82, 2.24) is 0 Å². The van der Waals surface area contributed by atoms with Gasteiger partial charge in [0.2, 0.25) is 0 Å². The van der Waals surface area contributed by atoms with E-state index < -0.39 is 0 Å². The van der Waals surface area contributed by atoms with Crippen molar-refractivity contribution in [2.24, 2.45) is 0 Å². The molecule has 2 aromatic heterocycles. The van der Waals surface area contributed by atoms with Crippen molar-refractivity contribution in [1.29, 1.82) is 0 Å². The lowest BCUT2D eigenvalue weighted by molar-refractivity contribution is 0.670. The third-order valence-corrected chi connectivity index (χ3v) is 8.64. The molecule has 0 saturated carbocycles. The van der Waals surface area contributed by atoms with E-state index in [4.69, 9.17) is 8.83 Å². The molecule has 0 unspecified atom stereocenters. The van der Waals surface area contributed by atoms with Crippen LogP contribution in [-0.4, -0.2) is 0 Å². The molecule has 0 spiro atoms. The minimum atomic E-state index is 0.884. The van der Waals surface area contributed by atoms with Gasteiger partial charge in [-0.1, -0.05) is 109 Å². The summed E-state index contributed by atoms with van der Waals surface area (Å²) >= 11 is 0. The summed E-state index contributed by atoms with van der Waals surface area (Å²) in [6.45, 7) is 0. The highest BCUT2D eigenvalue weighted by Crippen LogP contribution is 2.44. The zero-order valence-electron chi connectivity index (χ0n) is 24.4. The summed E-state index contributed by atoms with van der Waals surface area (Å²) in [6, 6.07) is 57.2. The number of benzene rings is 7. The molecule has 0 saturated heterocycles. The van der Waals surface area contributed by atoms with Crippen molar-refractivity contribution in [3.05, 3.63) is 164 Å². The van der Waals surface area contributed by atoms with Gasteiger partial charge in [0.05, 0.1) is 0 Å². The Kier molecular flexibility index (Phi) is 5.82. The Labute approximate surface area is 260 Å². The Hall–Kier alpha value is -6.06. The molecule has 0 radical (unpaired) electrons. The molecule has 3 nitrogen and oxygen atoms in total. The number of nitrogens with zero attached hydrogens (tertiary/aromatic N) is 1. The fourth-order valence-corrected chi connectivity index (χ4v) is 6.60. The number of para-hydroxylation sites is 6. The molecule has 9 aromatic rings. The van der Waals surface area contributed by atoms with Crippen LogP contribution in [0.15, 0.2) is 173 Å². The summed E-state index contributed by atoms with van der Waals surface area (Å²) in [4.78, 5) is 2.31. The van der Waals surface area contributed by atoms with E-state index in [-0.39, 0.29) is 0 Å². The minimum Gasteiger partial charge on any atom is -0.455 e. The van der Waals surface area contributed by atoms with E-state index in [2.05, 4.69) is 144 Å². The number of hydrogen-bond donors (Lipinski definition) is 0. The predicted molar refractivity (Wildman–Crippen MR) is 187 cm³/mol. The fourth-order valence-electron chi connectivity index (χ4n) is 6.60. The highest BCUT2D eigenvalue weighted by Gasteiger charge is 2.20. The van der Waals surface area contributed by atoms with Crippen LogP contribution in [-0.2, 0) is 0 Å². The first-order valence-electron chi connectivity index (χ1n) is 15.2. The smallest absolute Gasteiger partial charge is 0.143 e. The van der Waals surface area contributed by atoms with Crippen LogP contribution in [0, 0.1) is 0 Å². The monoisotopic (exact) mass is 577 g/mol. The Morgan fingerprint density at radius 1 is 0.333 bits per heavy atom. The molecule has 0 N–H and O–H groups in total. The van der Waals surface area contributed by atoms with E-state index in [1.165, 1.54) is 0 Å². The maximum Gasteiger partial charge on any atom is 0.143 e. The van der Waals surface area contributed by atoms with Crippen molar-refractivity contribution >= 4 is 60.9 Å². The molecule has 0 aliphatic heterocycles. The van der Waals surface area contributed by atoms with Gasteiger partial charge in [-0.25, -0.2) is 0 Å². The van der Waals surface area contributed by atoms with Gasteiger partial charge >= 0.3 is 0 Å². The zero-order valence-corrected chi connectivity index (χ0v) is 24.4. The quantitative estimate of drug-likeness (QED) is 0.204. The molecule has 0 amide bonds. The Morgan fingerprint density at radius 2 is 0.756 bits per heavy atom. The van der Waals surface area contributed by atoms with E-state index >= 15 is 0 Å². The van der Waals surface area contributed by atoms with Crippen LogP contribution in [0.3, 0.4) is 0 Å². The summed E-state index contributed by atoms with van der Waals surface area (Å²) in [7, 11) is 0. The van der Waals surface area contributed by atoms with Gasteiger partial charge in [-0.2, -0.15) is 0 Å². The lowest BCUT2D eigenvalue weighted by Gasteiger charge is -2.26. The normalized spacial score (nSPS) is 11.6. The van der Waals surface area contributed by atoms with E-state index in [1.54, 1.807) is 0 Å². The van der Waals surface area contributed by atoms with Crippen LogP contribution in [0.5, 0.6) is 0 Å². The average Bonchev–Trinajstić information content (AvgIpc) is 3.68. The summed E-state index contributed by atoms with van der Waals surface area (Å²) in [5.74, 6) is 0. The van der Waals surface area contributed by atoms with Crippen molar-refractivity contribution < 1.29 is 8.83 Å². The molecule has 0 fully saturated rings. The first kappa shape index (κ1) is 25.4. The van der Waals surface area contributed by atoms with Gasteiger partial charge in [-0.3, -0.25) is 0 Å². The van der Waals surface area contributed by atoms with Crippen molar-refractivity contribution in [2.45, 2.75) is 0 Å². The number of fused-ring (bicyclic) bond motifs is 6. The zero-order chi connectivity index (χ0) is 29.7. The lowest BCUT2D eigenvalue weighted by atomic mass is 9.95. The second-order valence-corrected chi connectivity index (χ2v) is 11.3. The minimum absolute atomic E-state index is 0.884. The van der Waals surface area contributed by atoms with Crippen LogP contribution in [0.1, 0.15) is 0 Å². The van der Waals surface area contributed by atoms with Gasteiger partial charge in [0.25, 0.3) is 0 Å². The highest BCUT2D eigenvalue weighted by atomic mass is 16.3. The third-order valence-electron chi connectivity index (χ3n) is 8.64. The highest BCUT2D eigenvalue weighted by molar-refractivity contribution is 6.11. The summed E-state index contributed by atoms with van der Waals surface area (Å²) in [5, 5.41) is 4.45. The molecule has 0 bridgehead atoms. The summed E-state index contributed by atoms with van der Waals surface area (Å²) in [5.41, 5.74) is 11.0. The molecule has 45 heavy (non-hydrogen) atoms. The van der Waals surface area contributed by atoms with Gasteiger partial charge in [0, 0.05) is 49.7 Å². The first-order chi connectivity index (χ1) is 22.3. The lowest BCUT2D eigenvalue weighted by Crippen LogP contribution is -2.10. The van der Waals surface area contributed by atoms with Crippen LogP contribution in [0.2, 0.25) is 0 Å². The maximum absolute atomic E-state index is 6.53. The fraction of sp³-hybridized carbons (Fsp3) is 0. The SMILES string of the molecule is c1ccc(N(c2ccccc2)c2cc(-c3cccc4c3oc3ccccc34)cc(-c3cccc4c3oc3ccccc34)c2)cc1. The molecule has 0 atom stereocenters. The Balaban J connectivity index is 1.35. The summed E-state index contributed by atoms with van der Waals surface area (Å²) in [6.07, 6.45) is 0. The van der Waals surface area contributed by atoms with Crippen LogP contribution in [0.25, 0.3) is 66.1 Å². The standard InChI is InChI=1S/C42H27NO2/c1-3-13-30(14-4-1)43(31-15-5-2-6-16-31)32-26-28(33-19-11-21-37-35-17-7-9-23-39(35)44-41(33)37)25-29(27-32)34-20-12-22-38-36-18-8-10-24-40(36)45-42(34)38/h1-27H. The largest absolute Gasteiger partial charge is 0.455 e. The van der Waals surface area contributed by atoms with Crippen LogP contribution < -0.4 is 4.90 Å². The number of hydrogen-bond acceptors (Lipinski definition) is 3. The van der Waals surface area contributed by atoms with Crippen molar-refractivity contribution in [3.8, 4) is 22.3 Å². The second-order valence-electron chi connectivity index (χ2n) is 11.3. The van der Waals surface area contributed by atoms with Gasteiger partial charge < -0.3 is 13.7 Å². The van der Waals surface area contributed by atoms with Crippen molar-refractivity contribution in [2.75, 3.05) is 4.90 Å². The van der Waals surface area contributed by atoms with Gasteiger partial charge in [-0.05, 0) is 65.7 Å². The maximum atomic E-state index is 6.53. The van der Waals surface area contributed by atoms with E-state index in [9.17, 15) is 0 Å². The first-order valence-corrected chi connectivity index (χ1v) is 15.2. The molecule has 0 aliphatic carbocycles. The molecule has 2 heterocycles.